The summed E-state index contributed by atoms with van der Waals surface area (Å²) in [7, 11) is 2.09. The summed E-state index contributed by atoms with van der Waals surface area (Å²) in [6, 6.07) is 6.91. The molecule has 148 valence electrons. The molecular formula is C21H30FN3O2. The van der Waals surface area contributed by atoms with Crippen molar-refractivity contribution in [3.05, 3.63) is 35.6 Å². The summed E-state index contributed by atoms with van der Waals surface area (Å²) >= 11 is 0. The molecule has 3 heterocycles. The standard InChI is InChI=1S/C21H30FN3O2/c1-23-16-21(14-19(23)20(26)25-9-11-27-12-10-25)5-7-24(8-6-21)15-17-3-2-4-18(22)13-17/h2-4,13,19H,5-12,14-16H2,1H3. The molecule has 1 unspecified atom stereocenters. The van der Waals surface area contributed by atoms with Crippen LogP contribution in [0.25, 0.3) is 0 Å². The molecule has 1 aromatic rings. The lowest BCUT2D eigenvalue weighted by Gasteiger charge is -2.39. The third kappa shape index (κ3) is 4.18. The number of ether oxygens (including phenoxy) is 1. The number of carbonyl (C=O) groups excluding carboxylic acids is 1. The number of rotatable bonds is 3. The number of nitrogens with zero attached hydrogens (tertiary/aromatic N) is 3. The molecule has 0 aliphatic carbocycles. The van der Waals surface area contributed by atoms with Crippen LogP contribution in [-0.4, -0.2) is 79.6 Å². The molecule has 1 atom stereocenters. The number of hydrogen-bond acceptors (Lipinski definition) is 4. The molecule has 1 aromatic carbocycles. The van der Waals surface area contributed by atoms with Crippen molar-refractivity contribution in [2.75, 3.05) is 53.0 Å². The van der Waals surface area contributed by atoms with Gasteiger partial charge >= 0.3 is 0 Å². The van der Waals surface area contributed by atoms with E-state index in [0.29, 0.717) is 13.2 Å². The molecule has 3 fully saturated rings. The van der Waals surface area contributed by atoms with Gasteiger partial charge in [-0.15, -0.1) is 0 Å². The number of morpholine rings is 1. The molecule has 3 aliphatic heterocycles. The molecule has 5 nitrogen and oxygen atoms in total. The second kappa shape index (κ2) is 7.86. The van der Waals surface area contributed by atoms with E-state index >= 15 is 0 Å². The summed E-state index contributed by atoms with van der Waals surface area (Å²) in [5, 5.41) is 0. The lowest BCUT2D eigenvalue weighted by Crippen LogP contribution is -2.48. The van der Waals surface area contributed by atoms with E-state index in [1.807, 2.05) is 11.0 Å². The third-order valence-electron chi connectivity index (χ3n) is 6.56. The second-order valence-corrected chi connectivity index (χ2v) is 8.48. The molecular weight excluding hydrogens is 345 g/mol. The van der Waals surface area contributed by atoms with Gasteiger partial charge in [-0.2, -0.15) is 0 Å². The normalized spacial score (nSPS) is 26.6. The van der Waals surface area contributed by atoms with Gasteiger partial charge in [-0.3, -0.25) is 14.6 Å². The Balaban J connectivity index is 1.33. The average molecular weight is 375 g/mol. The van der Waals surface area contributed by atoms with E-state index in [1.54, 1.807) is 12.1 Å². The van der Waals surface area contributed by atoms with Gasteiger partial charge in [0.15, 0.2) is 0 Å². The van der Waals surface area contributed by atoms with Gasteiger partial charge in [-0.25, -0.2) is 4.39 Å². The molecule has 4 rings (SSSR count). The summed E-state index contributed by atoms with van der Waals surface area (Å²) < 4.78 is 18.8. The number of halogens is 1. The summed E-state index contributed by atoms with van der Waals surface area (Å²) in [4.78, 5) is 19.6. The quantitative estimate of drug-likeness (QED) is 0.809. The smallest absolute Gasteiger partial charge is 0.240 e. The Bertz CT molecular complexity index is 669. The van der Waals surface area contributed by atoms with Crippen LogP contribution < -0.4 is 0 Å². The Hall–Kier alpha value is -1.50. The Labute approximate surface area is 161 Å². The first kappa shape index (κ1) is 18.8. The zero-order valence-corrected chi connectivity index (χ0v) is 16.2. The van der Waals surface area contributed by atoms with Crippen molar-refractivity contribution in [1.29, 1.82) is 0 Å². The van der Waals surface area contributed by atoms with Crippen molar-refractivity contribution < 1.29 is 13.9 Å². The minimum Gasteiger partial charge on any atom is -0.378 e. The lowest BCUT2D eigenvalue weighted by molar-refractivity contribution is -0.139. The largest absolute Gasteiger partial charge is 0.378 e. The third-order valence-corrected chi connectivity index (χ3v) is 6.56. The summed E-state index contributed by atoms with van der Waals surface area (Å²) in [5.74, 6) is 0.114. The van der Waals surface area contributed by atoms with E-state index < -0.39 is 0 Å². The van der Waals surface area contributed by atoms with Crippen molar-refractivity contribution >= 4 is 5.91 Å². The van der Waals surface area contributed by atoms with Gasteiger partial charge in [-0.1, -0.05) is 12.1 Å². The predicted octanol–water partition coefficient (Wildman–Crippen LogP) is 1.97. The van der Waals surface area contributed by atoms with Crippen LogP contribution in [-0.2, 0) is 16.1 Å². The zero-order valence-electron chi connectivity index (χ0n) is 16.2. The number of carbonyl (C=O) groups is 1. The SMILES string of the molecule is CN1CC2(CCN(Cc3cccc(F)c3)CC2)CC1C(=O)N1CCOCC1. The highest BCUT2D eigenvalue weighted by atomic mass is 19.1. The Kier molecular flexibility index (Phi) is 5.48. The molecule has 6 heteroatoms. The maximum atomic E-state index is 13.4. The van der Waals surface area contributed by atoms with Gasteiger partial charge in [0, 0.05) is 26.2 Å². The highest BCUT2D eigenvalue weighted by molar-refractivity contribution is 5.82. The van der Waals surface area contributed by atoms with E-state index in [2.05, 4.69) is 16.8 Å². The van der Waals surface area contributed by atoms with Crippen molar-refractivity contribution in [3.63, 3.8) is 0 Å². The van der Waals surface area contributed by atoms with Gasteiger partial charge in [0.05, 0.1) is 19.3 Å². The molecule has 0 bridgehead atoms. The van der Waals surface area contributed by atoms with E-state index in [1.165, 1.54) is 6.07 Å². The Morgan fingerprint density at radius 3 is 2.67 bits per heavy atom. The lowest BCUT2D eigenvalue weighted by atomic mass is 9.76. The number of amides is 1. The molecule has 3 aliphatic rings. The average Bonchev–Trinajstić information content (AvgIpc) is 3.00. The molecule has 0 aromatic heterocycles. The fraction of sp³-hybridized carbons (Fsp3) is 0.667. The van der Waals surface area contributed by atoms with Crippen LogP contribution >= 0.6 is 0 Å². The molecule has 27 heavy (non-hydrogen) atoms. The first-order valence-electron chi connectivity index (χ1n) is 10.1. The first-order valence-corrected chi connectivity index (χ1v) is 10.1. The maximum absolute atomic E-state index is 13.4. The van der Waals surface area contributed by atoms with Crippen LogP contribution in [0.1, 0.15) is 24.8 Å². The Morgan fingerprint density at radius 2 is 1.96 bits per heavy atom. The number of piperidine rings is 1. The van der Waals surface area contributed by atoms with Crippen LogP contribution in [0, 0.1) is 11.2 Å². The second-order valence-electron chi connectivity index (χ2n) is 8.48. The Morgan fingerprint density at radius 1 is 1.22 bits per heavy atom. The maximum Gasteiger partial charge on any atom is 0.240 e. The molecule has 3 saturated heterocycles. The molecule has 0 saturated carbocycles. The number of benzene rings is 1. The van der Waals surface area contributed by atoms with Crippen molar-refractivity contribution in [1.82, 2.24) is 14.7 Å². The van der Waals surface area contributed by atoms with Gasteiger partial charge in [0.2, 0.25) is 5.91 Å². The van der Waals surface area contributed by atoms with Gasteiger partial charge in [0.1, 0.15) is 5.82 Å². The number of likely N-dealkylation sites (tertiary alicyclic amines) is 2. The van der Waals surface area contributed by atoms with Crippen LogP contribution in [0.2, 0.25) is 0 Å². The summed E-state index contributed by atoms with van der Waals surface area (Å²) in [6.07, 6.45) is 3.19. The first-order chi connectivity index (χ1) is 13.0. The monoisotopic (exact) mass is 375 g/mol. The van der Waals surface area contributed by atoms with E-state index in [4.69, 9.17) is 4.74 Å². The van der Waals surface area contributed by atoms with Gasteiger partial charge in [0.25, 0.3) is 0 Å². The minimum absolute atomic E-state index is 0.0119. The van der Waals surface area contributed by atoms with Crippen LogP contribution in [0.4, 0.5) is 4.39 Å². The van der Waals surface area contributed by atoms with E-state index in [0.717, 1.165) is 64.1 Å². The highest BCUT2D eigenvalue weighted by Gasteiger charge is 2.47. The molecule has 0 N–H and O–H groups in total. The van der Waals surface area contributed by atoms with Gasteiger partial charge in [-0.05, 0) is 62.5 Å². The predicted molar refractivity (Wildman–Crippen MR) is 102 cm³/mol. The number of likely N-dealkylation sites (N-methyl/N-ethyl adjacent to an activating group) is 1. The summed E-state index contributed by atoms with van der Waals surface area (Å²) in [6.45, 7) is 6.59. The van der Waals surface area contributed by atoms with E-state index in [9.17, 15) is 9.18 Å². The number of hydrogen-bond donors (Lipinski definition) is 0. The molecule has 0 radical (unpaired) electrons. The van der Waals surface area contributed by atoms with Crippen molar-refractivity contribution in [3.8, 4) is 0 Å². The van der Waals surface area contributed by atoms with Crippen molar-refractivity contribution in [2.45, 2.75) is 31.8 Å². The molecule has 1 spiro atoms. The van der Waals surface area contributed by atoms with Crippen LogP contribution in [0.15, 0.2) is 24.3 Å². The summed E-state index contributed by atoms with van der Waals surface area (Å²) in [5.41, 5.74) is 1.29. The van der Waals surface area contributed by atoms with Crippen molar-refractivity contribution in [2.24, 2.45) is 5.41 Å². The van der Waals surface area contributed by atoms with Gasteiger partial charge < -0.3 is 9.64 Å². The topological polar surface area (TPSA) is 36.0 Å². The van der Waals surface area contributed by atoms with Crippen LogP contribution in [0.3, 0.4) is 0 Å². The fourth-order valence-electron chi connectivity index (χ4n) is 4.98. The highest BCUT2D eigenvalue weighted by Crippen LogP contribution is 2.43. The van der Waals surface area contributed by atoms with Crippen LogP contribution in [0.5, 0.6) is 0 Å². The van der Waals surface area contributed by atoms with E-state index in [-0.39, 0.29) is 23.2 Å². The zero-order chi connectivity index (χ0) is 18.9. The minimum atomic E-state index is -0.164. The molecule has 1 amide bonds. The fourth-order valence-corrected chi connectivity index (χ4v) is 4.98.